The molecule has 0 aliphatic heterocycles. The predicted octanol–water partition coefficient (Wildman–Crippen LogP) is 7.26. The molecule has 2 N–H and O–H groups in total. The highest BCUT2D eigenvalue weighted by Crippen LogP contribution is 2.46. The van der Waals surface area contributed by atoms with Crippen LogP contribution in [0.5, 0.6) is 5.88 Å². The van der Waals surface area contributed by atoms with Crippen molar-refractivity contribution in [1.82, 2.24) is 19.5 Å². The Morgan fingerprint density at radius 2 is 1.68 bits per heavy atom. The Kier molecular flexibility index (Phi) is 9.94. The van der Waals surface area contributed by atoms with E-state index >= 15 is 0 Å². The monoisotopic (exact) mass is 656 g/mol. The van der Waals surface area contributed by atoms with Crippen molar-refractivity contribution >= 4 is 48.8 Å². The molecule has 0 bridgehead atoms. The Hall–Kier alpha value is -4.39. The Balaban J connectivity index is 1.46. The van der Waals surface area contributed by atoms with Gasteiger partial charge in [-0.05, 0) is 60.3 Å². The van der Waals surface area contributed by atoms with Crippen LogP contribution in [0, 0.1) is 11.8 Å². The number of fused-ring (bicyclic) bond motifs is 1. The fourth-order valence-electron chi connectivity index (χ4n) is 5.70. The van der Waals surface area contributed by atoms with Crippen molar-refractivity contribution in [3.63, 3.8) is 0 Å². The molecule has 0 spiro atoms. The first-order valence-corrected chi connectivity index (χ1v) is 18.8. The maximum absolute atomic E-state index is 13.8. The van der Waals surface area contributed by atoms with E-state index in [1.807, 2.05) is 47.0 Å². The lowest BCUT2D eigenvalue weighted by Gasteiger charge is -2.43. The first-order chi connectivity index (χ1) is 22.3. The fourth-order valence-corrected chi connectivity index (χ4v) is 8.08. The zero-order valence-electron chi connectivity index (χ0n) is 28.1. The number of nitrogens with one attached hydrogen (secondary N) is 1. The molecular formula is C35H44N6O5Si. The van der Waals surface area contributed by atoms with E-state index in [4.69, 9.17) is 9.16 Å². The van der Waals surface area contributed by atoms with Crippen LogP contribution in [0.25, 0.3) is 11.2 Å². The summed E-state index contributed by atoms with van der Waals surface area (Å²) >= 11 is 0. The summed E-state index contributed by atoms with van der Waals surface area (Å²) in [5, 5.41) is 13.0. The molecule has 0 saturated carbocycles. The normalized spacial score (nSPS) is 16.7. The molecule has 1 aliphatic rings. The lowest BCUT2D eigenvalue weighted by Crippen LogP contribution is -2.46. The number of anilines is 3. The molecular weight excluding hydrogens is 613 g/mol. The highest BCUT2D eigenvalue weighted by molar-refractivity contribution is 6.74. The van der Waals surface area contributed by atoms with Crippen molar-refractivity contribution in [2.24, 2.45) is 11.8 Å². The van der Waals surface area contributed by atoms with Gasteiger partial charge in [-0.2, -0.15) is 9.97 Å². The number of hydrogen-bond donors (Lipinski definition) is 2. The van der Waals surface area contributed by atoms with Crippen LogP contribution in [0.4, 0.5) is 22.1 Å². The molecule has 2 amide bonds. The number of aliphatic hydroxyl groups excluding tert-OH is 1. The van der Waals surface area contributed by atoms with E-state index in [0.29, 0.717) is 36.0 Å². The van der Waals surface area contributed by atoms with Gasteiger partial charge in [0.2, 0.25) is 11.9 Å². The number of para-hydroxylation sites is 2. The van der Waals surface area contributed by atoms with Crippen molar-refractivity contribution in [1.29, 1.82) is 0 Å². The Morgan fingerprint density at radius 1 is 1.06 bits per heavy atom. The zero-order valence-corrected chi connectivity index (χ0v) is 29.1. The van der Waals surface area contributed by atoms with Gasteiger partial charge in [-0.1, -0.05) is 70.2 Å². The van der Waals surface area contributed by atoms with Gasteiger partial charge in [0.25, 0.3) is 5.88 Å². The van der Waals surface area contributed by atoms with E-state index in [0.717, 1.165) is 5.57 Å². The number of rotatable bonds is 11. The van der Waals surface area contributed by atoms with Crippen LogP contribution in [0.3, 0.4) is 0 Å². The third kappa shape index (κ3) is 7.14. The summed E-state index contributed by atoms with van der Waals surface area (Å²) in [5.41, 5.74) is 2.75. The number of ether oxygens (including phenoxy) is 1. The molecule has 2 atom stereocenters. The predicted molar refractivity (Wildman–Crippen MR) is 185 cm³/mol. The lowest BCUT2D eigenvalue weighted by atomic mass is 9.99. The van der Waals surface area contributed by atoms with Crippen LogP contribution >= 0.6 is 0 Å². The minimum atomic E-state index is -2.08. The minimum Gasteiger partial charge on any atom is -0.416 e. The molecule has 0 fully saturated rings. The SMILES string of the molecule is CC(=O)Nc1nc(OC(=O)N(c2ccccc2)c2ccccc2)c2ncn([C@H]3C=C(CO)[C@@H](CO[Si](C)(C)C(C)(C)C(C)C)C3)c2n1. The van der Waals surface area contributed by atoms with Gasteiger partial charge in [-0.15, -0.1) is 0 Å². The maximum Gasteiger partial charge on any atom is 0.425 e. The van der Waals surface area contributed by atoms with Crippen LogP contribution in [-0.4, -0.2) is 58.2 Å². The number of aliphatic hydroxyl groups is 1. The molecule has 5 rings (SSSR count). The third-order valence-electron chi connectivity index (χ3n) is 9.71. The average Bonchev–Trinajstić information content (AvgIpc) is 3.65. The number of carbonyl (C=O) groups is 2. The second kappa shape index (κ2) is 13.8. The maximum atomic E-state index is 13.8. The molecule has 2 aromatic carbocycles. The van der Waals surface area contributed by atoms with Gasteiger partial charge in [0.15, 0.2) is 19.5 Å². The van der Waals surface area contributed by atoms with Crippen molar-refractivity contribution in [3.05, 3.63) is 78.6 Å². The van der Waals surface area contributed by atoms with Gasteiger partial charge in [-0.3, -0.25) is 10.1 Å². The summed E-state index contributed by atoms with van der Waals surface area (Å²) in [6, 6.07) is 18.1. The molecule has 0 unspecified atom stereocenters. The van der Waals surface area contributed by atoms with Gasteiger partial charge in [0, 0.05) is 19.4 Å². The zero-order chi connectivity index (χ0) is 33.9. The molecule has 0 radical (unpaired) electrons. The molecule has 12 heteroatoms. The van der Waals surface area contributed by atoms with Crippen LogP contribution in [0.2, 0.25) is 18.1 Å². The van der Waals surface area contributed by atoms with E-state index < -0.39 is 14.4 Å². The summed E-state index contributed by atoms with van der Waals surface area (Å²) in [6.45, 7) is 15.3. The second-order valence-corrected chi connectivity index (χ2v) is 17.9. The standard InChI is InChI=1S/C35H44N6O5Si/c1-23(2)35(4,5)47(6,7)45-21-26-19-29(18-25(26)20-42)40-22-36-30-31(40)38-33(37-24(3)43)39-32(30)46-34(44)41(27-14-10-8-11-15-27)28-16-12-9-13-17-28/h8-18,22-23,26,29,42H,19-21H2,1-7H3,(H,37,38,39,43)/t26-,29+/m1/s1. The first-order valence-electron chi connectivity index (χ1n) is 15.9. The highest BCUT2D eigenvalue weighted by Gasteiger charge is 2.44. The van der Waals surface area contributed by atoms with Gasteiger partial charge >= 0.3 is 6.09 Å². The van der Waals surface area contributed by atoms with Crippen LogP contribution < -0.4 is 15.0 Å². The lowest BCUT2D eigenvalue weighted by molar-refractivity contribution is -0.114. The molecule has 248 valence electrons. The van der Waals surface area contributed by atoms with E-state index in [1.165, 1.54) is 11.8 Å². The summed E-state index contributed by atoms with van der Waals surface area (Å²) < 4.78 is 14.5. The first kappa shape index (κ1) is 34.0. The summed E-state index contributed by atoms with van der Waals surface area (Å²) in [4.78, 5) is 40.8. The number of imidazole rings is 1. The Bertz CT molecular complexity index is 1720. The number of benzene rings is 2. The average molecular weight is 657 g/mol. The molecule has 0 saturated heterocycles. The van der Waals surface area contributed by atoms with Crippen LogP contribution in [0.1, 0.15) is 47.1 Å². The van der Waals surface area contributed by atoms with Gasteiger partial charge in [0.05, 0.1) is 30.4 Å². The van der Waals surface area contributed by atoms with Crippen LogP contribution in [-0.2, 0) is 9.22 Å². The fraction of sp³-hybridized carbons (Fsp3) is 0.400. The summed E-state index contributed by atoms with van der Waals surface area (Å²) in [5.74, 6) is -0.00408. The second-order valence-electron chi connectivity index (χ2n) is 13.3. The number of amides is 2. The summed E-state index contributed by atoms with van der Waals surface area (Å²) in [7, 11) is -2.08. The smallest absolute Gasteiger partial charge is 0.416 e. The number of carbonyl (C=O) groups excluding carboxylic acids is 2. The quantitative estimate of drug-likeness (QED) is 0.127. The number of hydrogen-bond acceptors (Lipinski definition) is 8. The van der Waals surface area contributed by atoms with Crippen molar-refractivity contribution in [3.8, 4) is 5.88 Å². The molecule has 47 heavy (non-hydrogen) atoms. The molecule has 1 aliphatic carbocycles. The molecule has 2 heterocycles. The van der Waals surface area contributed by atoms with E-state index in [9.17, 15) is 14.7 Å². The van der Waals surface area contributed by atoms with Crippen molar-refractivity contribution < 1.29 is 23.9 Å². The molecule has 4 aromatic rings. The van der Waals surface area contributed by atoms with Gasteiger partial charge in [-0.25, -0.2) is 14.7 Å². The minimum absolute atomic E-state index is 0.0106. The number of aromatic nitrogens is 4. The van der Waals surface area contributed by atoms with Crippen molar-refractivity contribution in [2.45, 2.75) is 65.2 Å². The number of allylic oxidation sites excluding steroid dienone is 1. The summed E-state index contributed by atoms with van der Waals surface area (Å²) in [6.07, 6.45) is 3.61. The molecule has 11 nitrogen and oxygen atoms in total. The Labute approximate surface area is 276 Å². The van der Waals surface area contributed by atoms with Gasteiger partial charge in [0.1, 0.15) is 0 Å². The highest BCUT2D eigenvalue weighted by atomic mass is 28.4. The Morgan fingerprint density at radius 3 is 2.23 bits per heavy atom. The van der Waals surface area contributed by atoms with E-state index in [1.54, 1.807) is 30.6 Å². The van der Waals surface area contributed by atoms with E-state index in [2.05, 4.69) is 61.1 Å². The largest absolute Gasteiger partial charge is 0.425 e. The number of nitrogens with zero attached hydrogens (tertiary/aromatic N) is 5. The van der Waals surface area contributed by atoms with E-state index in [-0.39, 0.29) is 46.9 Å². The topological polar surface area (TPSA) is 132 Å². The van der Waals surface area contributed by atoms with Crippen LogP contribution in [0.15, 0.2) is 78.6 Å². The molecule has 2 aromatic heterocycles. The van der Waals surface area contributed by atoms with Gasteiger partial charge < -0.3 is 18.8 Å². The third-order valence-corrected chi connectivity index (χ3v) is 14.3. The van der Waals surface area contributed by atoms with Crippen molar-refractivity contribution in [2.75, 3.05) is 23.4 Å².